The van der Waals surface area contributed by atoms with Crippen molar-refractivity contribution in [3.05, 3.63) is 29.8 Å². The summed E-state index contributed by atoms with van der Waals surface area (Å²) in [7, 11) is 1.65. The van der Waals surface area contributed by atoms with Crippen molar-refractivity contribution in [2.24, 2.45) is 5.92 Å². The number of methoxy groups -OCH3 is 1. The zero-order valence-electron chi connectivity index (χ0n) is 14.1. The van der Waals surface area contributed by atoms with Gasteiger partial charge in [0.25, 0.3) is 0 Å². The molecule has 0 aliphatic carbocycles. The summed E-state index contributed by atoms with van der Waals surface area (Å²) in [4.78, 5) is 12.0. The van der Waals surface area contributed by atoms with Crippen LogP contribution in [0.25, 0.3) is 0 Å². The van der Waals surface area contributed by atoms with Gasteiger partial charge in [-0.2, -0.15) is 0 Å². The minimum Gasteiger partial charge on any atom is -0.388 e. The molecule has 3 unspecified atom stereocenters. The molecule has 5 heteroatoms. The van der Waals surface area contributed by atoms with Crippen molar-refractivity contribution in [3.63, 3.8) is 0 Å². The Labute approximate surface area is 133 Å². The first-order valence-corrected chi connectivity index (χ1v) is 7.70. The molecule has 0 aliphatic rings. The standard InChI is InChI=1S/C17H28N2O3/c1-6-12(2)17(4,21)11-18-16(20)19-15-9-7-8-14(10-15)13(3)22-5/h7-10,12-13,21H,6,11H2,1-5H3,(H2,18,19,20). The van der Waals surface area contributed by atoms with Crippen LogP contribution in [0.5, 0.6) is 0 Å². The summed E-state index contributed by atoms with van der Waals surface area (Å²) < 4.78 is 5.27. The average Bonchev–Trinajstić information content (AvgIpc) is 2.51. The van der Waals surface area contributed by atoms with Crippen molar-refractivity contribution in [1.82, 2.24) is 5.32 Å². The Morgan fingerprint density at radius 3 is 2.68 bits per heavy atom. The van der Waals surface area contributed by atoms with Crippen LogP contribution < -0.4 is 10.6 Å². The van der Waals surface area contributed by atoms with Crippen LogP contribution in [0.1, 0.15) is 45.8 Å². The van der Waals surface area contributed by atoms with Gasteiger partial charge in [0.05, 0.1) is 11.7 Å². The highest BCUT2D eigenvalue weighted by Gasteiger charge is 2.27. The first-order valence-electron chi connectivity index (χ1n) is 7.70. The van der Waals surface area contributed by atoms with Gasteiger partial charge >= 0.3 is 6.03 Å². The molecule has 3 atom stereocenters. The quantitative estimate of drug-likeness (QED) is 0.723. The molecule has 2 amide bonds. The van der Waals surface area contributed by atoms with E-state index >= 15 is 0 Å². The molecular formula is C17H28N2O3. The second kappa shape index (κ2) is 8.15. The third-order valence-corrected chi connectivity index (χ3v) is 4.25. The Hall–Kier alpha value is -1.59. The number of anilines is 1. The molecule has 3 N–H and O–H groups in total. The Morgan fingerprint density at radius 2 is 2.09 bits per heavy atom. The fourth-order valence-electron chi connectivity index (χ4n) is 2.05. The van der Waals surface area contributed by atoms with Crippen molar-refractivity contribution in [2.75, 3.05) is 19.0 Å². The number of hydrogen-bond donors (Lipinski definition) is 3. The van der Waals surface area contributed by atoms with Crippen molar-refractivity contribution in [3.8, 4) is 0 Å². The van der Waals surface area contributed by atoms with E-state index < -0.39 is 5.60 Å². The summed E-state index contributed by atoms with van der Waals surface area (Å²) in [5.41, 5.74) is 0.771. The number of hydrogen-bond acceptors (Lipinski definition) is 3. The van der Waals surface area contributed by atoms with Crippen molar-refractivity contribution < 1.29 is 14.6 Å². The van der Waals surface area contributed by atoms with Crippen LogP contribution in [0.4, 0.5) is 10.5 Å². The van der Waals surface area contributed by atoms with E-state index in [0.29, 0.717) is 5.69 Å². The summed E-state index contributed by atoms with van der Waals surface area (Å²) in [5, 5.41) is 15.8. The Bertz CT molecular complexity index is 489. The summed E-state index contributed by atoms with van der Waals surface area (Å²) in [5.74, 6) is 0.110. The van der Waals surface area contributed by atoms with E-state index in [0.717, 1.165) is 12.0 Å². The summed E-state index contributed by atoms with van der Waals surface area (Å²) >= 11 is 0. The van der Waals surface area contributed by atoms with Gasteiger partial charge in [0.15, 0.2) is 0 Å². The SMILES string of the molecule is CCC(C)C(C)(O)CNC(=O)Nc1cccc(C(C)OC)c1. The minimum atomic E-state index is -0.918. The molecule has 0 fully saturated rings. The number of ether oxygens (including phenoxy) is 1. The number of aliphatic hydroxyl groups is 1. The van der Waals surface area contributed by atoms with E-state index in [4.69, 9.17) is 4.74 Å². The predicted octanol–water partition coefficient (Wildman–Crippen LogP) is 3.31. The Morgan fingerprint density at radius 1 is 1.41 bits per heavy atom. The van der Waals surface area contributed by atoms with Gasteiger partial charge in [-0.1, -0.05) is 32.4 Å². The molecule has 124 valence electrons. The van der Waals surface area contributed by atoms with Crippen LogP contribution >= 0.6 is 0 Å². The van der Waals surface area contributed by atoms with Crippen LogP contribution in [0.15, 0.2) is 24.3 Å². The maximum absolute atomic E-state index is 12.0. The van der Waals surface area contributed by atoms with Crippen LogP contribution in [0.2, 0.25) is 0 Å². The highest BCUT2D eigenvalue weighted by atomic mass is 16.5. The second-order valence-corrected chi connectivity index (χ2v) is 5.98. The summed E-state index contributed by atoms with van der Waals surface area (Å²) in [6.45, 7) is 7.88. The van der Waals surface area contributed by atoms with Gasteiger partial charge in [-0.05, 0) is 37.5 Å². The highest BCUT2D eigenvalue weighted by molar-refractivity contribution is 5.89. The van der Waals surface area contributed by atoms with E-state index in [1.807, 2.05) is 45.0 Å². The van der Waals surface area contributed by atoms with Gasteiger partial charge in [0, 0.05) is 19.3 Å². The molecule has 5 nitrogen and oxygen atoms in total. The number of carbonyl (C=O) groups is 1. The predicted molar refractivity (Wildman–Crippen MR) is 89.0 cm³/mol. The molecule has 0 saturated heterocycles. The van der Waals surface area contributed by atoms with Crippen LogP contribution in [-0.4, -0.2) is 30.4 Å². The molecule has 1 aromatic carbocycles. The van der Waals surface area contributed by atoms with Gasteiger partial charge in [-0.15, -0.1) is 0 Å². The lowest BCUT2D eigenvalue weighted by Crippen LogP contribution is -2.46. The number of urea groups is 1. The molecule has 1 rings (SSSR count). The Kier molecular flexibility index (Phi) is 6.84. The van der Waals surface area contributed by atoms with Crippen molar-refractivity contribution in [2.45, 2.75) is 45.8 Å². The molecular weight excluding hydrogens is 280 g/mol. The minimum absolute atomic E-state index is 0.0315. The van der Waals surface area contributed by atoms with E-state index in [1.165, 1.54) is 0 Å². The molecule has 1 aromatic rings. The monoisotopic (exact) mass is 308 g/mol. The number of benzene rings is 1. The van der Waals surface area contributed by atoms with Gasteiger partial charge in [-0.25, -0.2) is 4.79 Å². The van der Waals surface area contributed by atoms with Crippen LogP contribution in [-0.2, 0) is 4.74 Å². The van der Waals surface area contributed by atoms with Gasteiger partial charge in [-0.3, -0.25) is 0 Å². The molecule has 0 radical (unpaired) electrons. The topological polar surface area (TPSA) is 70.6 Å². The maximum Gasteiger partial charge on any atom is 0.319 e. The first kappa shape index (κ1) is 18.5. The zero-order chi connectivity index (χ0) is 16.8. The lowest BCUT2D eigenvalue weighted by molar-refractivity contribution is 0.00827. The summed E-state index contributed by atoms with van der Waals surface area (Å²) in [6.07, 6.45) is 0.823. The molecule has 0 aliphatic heterocycles. The number of amides is 2. The molecule has 22 heavy (non-hydrogen) atoms. The van der Waals surface area contributed by atoms with Crippen molar-refractivity contribution >= 4 is 11.7 Å². The van der Waals surface area contributed by atoms with E-state index in [2.05, 4.69) is 10.6 Å². The molecule has 0 aromatic heterocycles. The smallest absolute Gasteiger partial charge is 0.319 e. The van der Waals surface area contributed by atoms with E-state index in [-0.39, 0.29) is 24.6 Å². The fourth-order valence-corrected chi connectivity index (χ4v) is 2.05. The van der Waals surface area contributed by atoms with E-state index in [1.54, 1.807) is 14.0 Å². The third-order valence-electron chi connectivity index (χ3n) is 4.25. The molecule has 0 spiro atoms. The number of rotatable bonds is 7. The largest absolute Gasteiger partial charge is 0.388 e. The van der Waals surface area contributed by atoms with Gasteiger partial charge in [0.2, 0.25) is 0 Å². The highest BCUT2D eigenvalue weighted by Crippen LogP contribution is 2.20. The normalized spacial score (nSPS) is 16.5. The molecule has 0 heterocycles. The third kappa shape index (κ3) is 5.31. The molecule has 0 bridgehead atoms. The average molecular weight is 308 g/mol. The number of carbonyl (C=O) groups excluding carboxylic acids is 1. The van der Waals surface area contributed by atoms with Crippen LogP contribution in [0, 0.1) is 5.92 Å². The van der Waals surface area contributed by atoms with E-state index in [9.17, 15) is 9.90 Å². The van der Waals surface area contributed by atoms with Gasteiger partial charge < -0.3 is 20.5 Å². The Balaban J connectivity index is 2.59. The first-order chi connectivity index (χ1) is 10.3. The van der Waals surface area contributed by atoms with Gasteiger partial charge in [0.1, 0.15) is 0 Å². The molecule has 0 saturated carbocycles. The second-order valence-electron chi connectivity index (χ2n) is 5.98. The lowest BCUT2D eigenvalue weighted by atomic mass is 9.89. The summed E-state index contributed by atoms with van der Waals surface area (Å²) in [6, 6.07) is 7.19. The van der Waals surface area contributed by atoms with Crippen molar-refractivity contribution in [1.29, 1.82) is 0 Å². The maximum atomic E-state index is 12.0. The fraction of sp³-hybridized carbons (Fsp3) is 0.588. The number of nitrogens with one attached hydrogen (secondary N) is 2. The zero-order valence-corrected chi connectivity index (χ0v) is 14.1. The lowest BCUT2D eigenvalue weighted by Gasteiger charge is -2.29. The van der Waals surface area contributed by atoms with Crippen LogP contribution in [0.3, 0.4) is 0 Å².